The van der Waals surface area contributed by atoms with Crippen LogP contribution in [0.25, 0.3) is 11.5 Å². The van der Waals surface area contributed by atoms with Gasteiger partial charge in [0.1, 0.15) is 11.8 Å². The zero-order valence-electron chi connectivity index (χ0n) is 17.2. The molecule has 0 spiro atoms. The van der Waals surface area contributed by atoms with Crippen LogP contribution in [0, 0.1) is 11.3 Å². The maximum absolute atomic E-state index is 12.6. The molecule has 8 nitrogen and oxygen atoms in total. The van der Waals surface area contributed by atoms with Gasteiger partial charge in [-0.2, -0.15) is 16.6 Å². The van der Waals surface area contributed by atoms with Crippen molar-refractivity contribution in [1.29, 1.82) is 5.26 Å². The molecule has 0 aliphatic carbocycles. The second-order valence-corrected chi connectivity index (χ2v) is 8.01. The molecule has 160 valence electrons. The van der Waals surface area contributed by atoms with Crippen LogP contribution in [0.1, 0.15) is 23.9 Å². The number of aryl methyl sites for hydroxylation is 1. The number of aromatic nitrogens is 2. The highest BCUT2D eigenvalue weighted by molar-refractivity contribution is 7.08. The molecule has 3 aromatic rings. The van der Waals surface area contributed by atoms with Gasteiger partial charge in [0.15, 0.2) is 0 Å². The molecule has 1 amide bonds. The van der Waals surface area contributed by atoms with Crippen LogP contribution in [0.15, 0.2) is 45.5 Å². The zero-order valence-corrected chi connectivity index (χ0v) is 18.0. The first kappa shape index (κ1) is 21.0. The molecule has 1 aliphatic rings. The molecule has 9 heteroatoms. The van der Waals surface area contributed by atoms with Crippen LogP contribution in [-0.4, -0.2) is 59.2 Å². The molecule has 2 aromatic heterocycles. The fourth-order valence-corrected chi connectivity index (χ4v) is 4.24. The number of nitriles is 1. The maximum Gasteiger partial charge on any atom is 0.248 e. The molecule has 1 aliphatic heterocycles. The van der Waals surface area contributed by atoms with Crippen LogP contribution in [0.5, 0.6) is 5.75 Å². The smallest absolute Gasteiger partial charge is 0.248 e. The molecule has 0 saturated carbocycles. The number of hydrogen-bond donors (Lipinski definition) is 0. The highest BCUT2D eigenvalue weighted by Gasteiger charge is 2.27. The number of carbonyl (C=O) groups excluding carboxylic acids is 1. The SMILES string of the molecule is COc1ccc(C(C#N)N2CCN(C(=O)CCc3nnc(-c4ccsc4)o3)CC2)cc1. The lowest BCUT2D eigenvalue weighted by Gasteiger charge is -2.37. The highest BCUT2D eigenvalue weighted by Crippen LogP contribution is 2.24. The number of thiophene rings is 1. The van der Waals surface area contributed by atoms with Crippen molar-refractivity contribution in [3.63, 3.8) is 0 Å². The van der Waals surface area contributed by atoms with Crippen LogP contribution >= 0.6 is 11.3 Å². The van der Waals surface area contributed by atoms with Crippen LogP contribution in [-0.2, 0) is 11.2 Å². The monoisotopic (exact) mass is 437 g/mol. The van der Waals surface area contributed by atoms with Crippen molar-refractivity contribution >= 4 is 17.2 Å². The summed E-state index contributed by atoms with van der Waals surface area (Å²) in [6, 6.07) is 11.5. The van der Waals surface area contributed by atoms with E-state index in [2.05, 4.69) is 21.2 Å². The van der Waals surface area contributed by atoms with Crippen molar-refractivity contribution in [2.75, 3.05) is 33.3 Å². The number of nitrogens with zero attached hydrogens (tertiary/aromatic N) is 5. The first-order valence-electron chi connectivity index (χ1n) is 10.1. The summed E-state index contributed by atoms with van der Waals surface area (Å²) >= 11 is 1.57. The van der Waals surface area contributed by atoms with E-state index in [1.165, 1.54) is 0 Å². The van der Waals surface area contributed by atoms with Gasteiger partial charge in [0.25, 0.3) is 0 Å². The quantitative estimate of drug-likeness (QED) is 0.560. The minimum atomic E-state index is -0.336. The summed E-state index contributed by atoms with van der Waals surface area (Å²) in [6.07, 6.45) is 0.744. The Hall–Kier alpha value is -3.22. The van der Waals surface area contributed by atoms with Gasteiger partial charge in [-0.25, -0.2) is 0 Å². The predicted molar refractivity (Wildman–Crippen MR) is 115 cm³/mol. The number of carbonyl (C=O) groups is 1. The minimum Gasteiger partial charge on any atom is -0.497 e. The highest BCUT2D eigenvalue weighted by atomic mass is 32.1. The summed E-state index contributed by atoms with van der Waals surface area (Å²) in [5.41, 5.74) is 1.83. The van der Waals surface area contributed by atoms with Crippen LogP contribution in [0.4, 0.5) is 0 Å². The Labute approximate surface area is 184 Å². The lowest BCUT2D eigenvalue weighted by atomic mass is 10.1. The van der Waals surface area contributed by atoms with Gasteiger partial charge in [-0.15, -0.1) is 10.2 Å². The molecular formula is C22H23N5O3S. The van der Waals surface area contributed by atoms with Crippen molar-refractivity contribution < 1.29 is 13.9 Å². The average Bonchev–Trinajstić information content (AvgIpc) is 3.51. The third-order valence-electron chi connectivity index (χ3n) is 5.37. The van der Waals surface area contributed by atoms with Gasteiger partial charge < -0.3 is 14.1 Å². The first-order chi connectivity index (χ1) is 15.2. The van der Waals surface area contributed by atoms with Gasteiger partial charge in [0, 0.05) is 50.0 Å². The summed E-state index contributed by atoms with van der Waals surface area (Å²) in [6.45, 7) is 2.49. The molecule has 1 aromatic carbocycles. The van der Waals surface area contributed by atoms with Gasteiger partial charge in [-0.05, 0) is 29.1 Å². The Morgan fingerprint density at radius 1 is 1.23 bits per heavy atom. The molecule has 4 rings (SSSR count). The number of amides is 1. The Kier molecular flexibility index (Phi) is 6.60. The summed E-state index contributed by atoms with van der Waals surface area (Å²) in [7, 11) is 1.62. The summed E-state index contributed by atoms with van der Waals surface area (Å²) in [5.74, 6) is 1.78. The molecular weight excluding hydrogens is 414 g/mol. The molecule has 0 N–H and O–H groups in total. The third kappa shape index (κ3) is 4.93. The van der Waals surface area contributed by atoms with Crippen LogP contribution in [0.2, 0.25) is 0 Å². The van der Waals surface area contributed by atoms with E-state index in [1.54, 1.807) is 18.4 Å². The van der Waals surface area contributed by atoms with Gasteiger partial charge >= 0.3 is 0 Å². The fraction of sp³-hybridized carbons (Fsp3) is 0.364. The van der Waals surface area contributed by atoms with Crippen LogP contribution < -0.4 is 4.74 Å². The van der Waals surface area contributed by atoms with Gasteiger partial charge in [0.2, 0.25) is 17.7 Å². The Morgan fingerprint density at radius 3 is 2.65 bits per heavy atom. The number of piperazine rings is 1. The molecule has 31 heavy (non-hydrogen) atoms. The summed E-state index contributed by atoms with van der Waals surface area (Å²) in [4.78, 5) is 16.6. The lowest BCUT2D eigenvalue weighted by Crippen LogP contribution is -2.49. The van der Waals surface area contributed by atoms with E-state index in [1.807, 2.05) is 46.0 Å². The Morgan fingerprint density at radius 2 is 2.00 bits per heavy atom. The summed E-state index contributed by atoms with van der Waals surface area (Å²) < 4.78 is 10.8. The predicted octanol–water partition coefficient (Wildman–Crippen LogP) is 3.15. The first-order valence-corrected chi connectivity index (χ1v) is 11.0. The molecule has 3 heterocycles. The van der Waals surface area contributed by atoms with E-state index in [0.29, 0.717) is 50.8 Å². The van der Waals surface area contributed by atoms with E-state index >= 15 is 0 Å². The molecule has 0 bridgehead atoms. The molecule has 1 saturated heterocycles. The van der Waals surface area contributed by atoms with Gasteiger partial charge in [0.05, 0.1) is 13.2 Å². The molecule has 1 fully saturated rings. The number of rotatable bonds is 7. The third-order valence-corrected chi connectivity index (χ3v) is 6.06. The van der Waals surface area contributed by atoms with E-state index < -0.39 is 0 Å². The second-order valence-electron chi connectivity index (χ2n) is 7.23. The number of methoxy groups -OCH3 is 1. The van der Waals surface area contributed by atoms with Crippen molar-refractivity contribution in [2.24, 2.45) is 0 Å². The van der Waals surface area contributed by atoms with Crippen molar-refractivity contribution in [1.82, 2.24) is 20.0 Å². The maximum atomic E-state index is 12.6. The second kappa shape index (κ2) is 9.73. The summed E-state index contributed by atoms with van der Waals surface area (Å²) in [5, 5.41) is 21.7. The topological polar surface area (TPSA) is 95.5 Å². The van der Waals surface area contributed by atoms with Crippen molar-refractivity contribution in [3.05, 3.63) is 52.5 Å². The standard InChI is InChI=1S/C22H23N5O3S/c1-29-18-4-2-16(3-5-18)19(14-23)26-9-11-27(12-10-26)21(28)7-6-20-24-25-22(30-20)17-8-13-31-15-17/h2-5,8,13,15,19H,6-7,9-12H2,1H3. The Bertz CT molecular complexity index is 1030. The molecule has 1 unspecified atom stereocenters. The average molecular weight is 438 g/mol. The van der Waals surface area contributed by atoms with E-state index in [0.717, 1.165) is 16.9 Å². The van der Waals surface area contributed by atoms with E-state index in [4.69, 9.17) is 9.15 Å². The lowest BCUT2D eigenvalue weighted by molar-refractivity contribution is -0.133. The largest absolute Gasteiger partial charge is 0.497 e. The fourth-order valence-electron chi connectivity index (χ4n) is 3.61. The van der Waals surface area contributed by atoms with Crippen LogP contribution in [0.3, 0.4) is 0 Å². The van der Waals surface area contributed by atoms with Crippen molar-refractivity contribution in [2.45, 2.75) is 18.9 Å². The molecule has 0 radical (unpaired) electrons. The minimum absolute atomic E-state index is 0.0629. The number of hydrogen-bond acceptors (Lipinski definition) is 8. The van der Waals surface area contributed by atoms with Gasteiger partial charge in [-0.3, -0.25) is 9.69 Å². The Balaban J connectivity index is 1.28. The normalized spacial score (nSPS) is 15.4. The van der Waals surface area contributed by atoms with Crippen molar-refractivity contribution in [3.8, 4) is 23.3 Å². The zero-order chi connectivity index (χ0) is 21.6. The van der Waals surface area contributed by atoms with Gasteiger partial charge in [-0.1, -0.05) is 12.1 Å². The molecule has 1 atom stereocenters. The number of benzene rings is 1. The van der Waals surface area contributed by atoms with E-state index in [9.17, 15) is 10.1 Å². The number of ether oxygens (including phenoxy) is 1. The van der Waals surface area contributed by atoms with E-state index in [-0.39, 0.29) is 11.9 Å².